The SMILES string of the molecule is COc1ccc2cc(C(C)C(=O)NCCCN(CC(C)C)CC(C)C)ccc2c1. The number of nitrogens with zero attached hydrogens (tertiary/aromatic N) is 1. The van der Waals surface area contributed by atoms with Crippen LogP contribution >= 0.6 is 0 Å². The van der Waals surface area contributed by atoms with Gasteiger partial charge in [0, 0.05) is 19.6 Å². The Bertz CT molecular complexity index is 775. The van der Waals surface area contributed by atoms with Crippen molar-refractivity contribution in [3.63, 3.8) is 0 Å². The lowest BCUT2D eigenvalue weighted by Crippen LogP contribution is -2.35. The smallest absolute Gasteiger partial charge is 0.227 e. The highest BCUT2D eigenvalue weighted by Crippen LogP contribution is 2.25. The van der Waals surface area contributed by atoms with Crippen molar-refractivity contribution in [2.75, 3.05) is 33.3 Å². The quantitative estimate of drug-likeness (QED) is 0.537. The summed E-state index contributed by atoms with van der Waals surface area (Å²) >= 11 is 0. The standard InChI is InChI=1S/C25H38N2O2/c1-18(2)16-27(17-19(3)4)13-7-12-26-25(28)20(5)21-8-9-23-15-24(29-6)11-10-22(23)14-21/h8-11,14-15,18-20H,7,12-13,16-17H2,1-6H3,(H,26,28). The number of benzene rings is 2. The molecule has 29 heavy (non-hydrogen) atoms. The zero-order valence-corrected chi connectivity index (χ0v) is 19.0. The number of nitrogens with one attached hydrogen (secondary N) is 1. The third-order valence-electron chi connectivity index (χ3n) is 5.16. The zero-order chi connectivity index (χ0) is 21.4. The van der Waals surface area contributed by atoms with Crippen molar-refractivity contribution >= 4 is 16.7 Å². The zero-order valence-electron chi connectivity index (χ0n) is 19.0. The summed E-state index contributed by atoms with van der Waals surface area (Å²) in [6, 6.07) is 12.2. The molecule has 0 spiro atoms. The number of carbonyl (C=O) groups is 1. The molecule has 2 aromatic rings. The molecule has 0 aliphatic rings. The number of methoxy groups -OCH3 is 1. The van der Waals surface area contributed by atoms with Gasteiger partial charge in [-0.1, -0.05) is 52.0 Å². The molecule has 0 radical (unpaired) electrons. The van der Waals surface area contributed by atoms with Crippen LogP contribution in [0.15, 0.2) is 36.4 Å². The van der Waals surface area contributed by atoms with Crippen molar-refractivity contribution in [2.45, 2.75) is 47.0 Å². The number of carbonyl (C=O) groups excluding carboxylic acids is 1. The molecule has 160 valence electrons. The maximum Gasteiger partial charge on any atom is 0.227 e. The molecule has 0 bridgehead atoms. The minimum absolute atomic E-state index is 0.0946. The van der Waals surface area contributed by atoms with Crippen LogP contribution in [-0.4, -0.2) is 44.1 Å². The summed E-state index contributed by atoms with van der Waals surface area (Å²) in [6.07, 6.45) is 0.982. The van der Waals surface area contributed by atoms with Crippen LogP contribution in [0.25, 0.3) is 10.8 Å². The highest BCUT2D eigenvalue weighted by molar-refractivity contribution is 5.88. The van der Waals surface area contributed by atoms with E-state index in [0.717, 1.165) is 54.7 Å². The number of amides is 1. The number of ether oxygens (including phenoxy) is 1. The van der Waals surface area contributed by atoms with E-state index in [0.29, 0.717) is 11.8 Å². The molecule has 0 aromatic heterocycles. The summed E-state index contributed by atoms with van der Waals surface area (Å²) in [7, 11) is 1.67. The minimum Gasteiger partial charge on any atom is -0.497 e. The van der Waals surface area contributed by atoms with Crippen LogP contribution in [0.5, 0.6) is 5.75 Å². The molecule has 0 fully saturated rings. The third-order valence-corrected chi connectivity index (χ3v) is 5.16. The number of fused-ring (bicyclic) bond motifs is 1. The highest BCUT2D eigenvalue weighted by Gasteiger charge is 2.16. The molecule has 1 unspecified atom stereocenters. The molecule has 0 heterocycles. The molecule has 1 atom stereocenters. The summed E-state index contributed by atoms with van der Waals surface area (Å²) in [6.45, 7) is 15.0. The van der Waals surface area contributed by atoms with Gasteiger partial charge in [0.05, 0.1) is 13.0 Å². The summed E-state index contributed by atoms with van der Waals surface area (Å²) in [5, 5.41) is 5.37. The third kappa shape index (κ3) is 7.36. The van der Waals surface area contributed by atoms with Gasteiger partial charge in [0.2, 0.25) is 5.91 Å². The number of rotatable bonds is 11. The minimum atomic E-state index is -0.163. The predicted octanol–water partition coefficient (Wildman–Crippen LogP) is 5.07. The van der Waals surface area contributed by atoms with Gasteiger partial charge >= 0.3 is 0 Å². The van der Waals surface area contributed by atoms with Gasteiger partial charge in [-0.15, -0.1) is 0 Å². The monoisotopic (exact) mass is 398 g/mol. The second-order valence-electron chi connectivity index (χ2n) is 8.89. The Hall–Kier alpha value is -2.07. The van der Waals surface area contributed by atoms with Crippen LogP contribution < -0.4 is 10.1 Å². The van der Waals surface area contributed by atoms with Gasteiger partial charge in [0.25, 0.3) is 0 Å². The Morgan fingerprint density at radius 2 is 1.59 bits per heavy atom. The van der Waals surface area contributed by atoms with Crippen LogP contribution in [0.2, 0.25) is 0 Å². The highest BCUT2D eigenvalue weighted by atomic mass is 16.5. The summed E-state index contributed by atoms with van der Waals surface area (Å²) < 4.78 is 5.28. The van der Waals surface area contributed by atoms with E-state index >= 15 is 0 Å². The molecular weight excluding hydrogens is 360 g/mol. The Morgan fingerprint density at radius 1 is 0.966 bits per heavy atom. The molecule has 0 saturated carbocycles. The molecular formula is C25H38N2O2. The molecule has 2 rings (SSSR count). The van der Waals surface area contributed by atoms with Gasteiger partial charge in [-0.3, -0.25) is 4.79 Å². The van der Waals surface area contributed by atoms with Gasteiger partial charge in [-0.2, -0.15) is 0 Å². The van der Waals surface area contributed by atoms with E-state index in [1.54, 1.807) is 7.11 Å². The fourth-order valence-electron chi connectivity index (χ4n) is 3.75. The largest absolute Gasteiger partial charge is 0.497 e. The molecule has 2 aromatic carbocycles. The first-order valence-electron chi connectivity index (χ1n) is 10.9. The van der Waals surface area contributed by atoms with E-state index in [9.17, 15) is 4.79 Å². The van der Waals surface area contributed by atoms with Crippen LogP contribution in [0.3, 0.4) is 0 Å². The van der Waals surface area contributed by atoms with E-state index in [2.05, 4.69) is 50.0 Å². The van der Waals surface area contributed by atoms with Gasteiger partial charge in [0.15, 0.2) is 0 Å². The maximum absolute atomic E-state index is 12.6. The van der Waals surface area contributed by atoms with Crippen LogP contribution in [0.4, 0.5) is 0 Å². The van der Waals surface area contributed by atoms with E-state index in [-0.39, 0.29) is 11.8 Å². The van der Waals surface area contributed by atoms with Gasteiger partial charge in [-0.25, -0.2) is 0 Å². The Labute approximate surface area is 176 Å². The van der Waals surface area contributed by atoms with Crippen molar-refractivity contribution in [3.05, 3.63) is 42.0 Å². The van der Waals surface area contributed by atoms with Gasteiger partial charge < -0.3 is 15.0 Å². The fourth-order valence-corrected chi connectivity index (χ4v) is 3.75. The molecule has 0 aliphatic heterocycles. The Morgan fingerprint density at radius 3 is 2.21 bits per heavy atom. The van der Waals surface area contributed by atoms with Crippen LogP contribution in [0, 0.1) is 11.8 Å². The first-order valence-corrected chi connectivity index (χ1v) is 10.9. The van der Waals surface area contributed by atoms with Gasteiger partial charge in [0.1, 0.15) is 5.75 Å². The fraction of sp³-hybridized carbons (Fsp3) is 0.560. The van der Waals surface area contributed by atoms with E-state index < -0.39 is 0 Å². The molecule has 1 amide bonds. The number of hydrogen-bond acceptors (Lipinski definition) is 3. The molecule has 0 saturated heterocycles. The average Bonchev–Trinajstić information content (AvgIpc) is 2.68. The first kappa shape index (κ1) is 23.2. The van der Waals surface area contributed by atoms with Crippen LogP contribution in [0.1, 0.15) is 52.5 Å². The average molecular weight is 399 g/mol. The second-order valence-corrected chi connectivity index (χ2v) is 8.89. The summed E-state index contributed by atoms with van der Waals surface area (Å²) in [5.74, 6) is 2.11. The number of hydrogen-bond donors (Lipinski definition) is 1. The van der Waals surface area contributed by atoms with Crippen molar-refractivity contribution in [3.8, 4) is 5.75 Å². The predicted molar refractivity (Wildman–Crippen MR) is 123 cm³/mol. The molecule has 4 nitrogen and oxygen atoms in total. The lowest BCUT2D eigenvalue weighted by molar-refractivity contribution is -0.122. The first-order chi connectivity index (χ1) is 13.8. The molecule has 0 aliphatic carbocycles. The molecule has 4 heteroatoms. The maximum atomic E-state index is 12.6. The van der Waals surface area contributed by atoms with Crippen molar-refractivity contribution in [2.24, 2.45) is 11.8 Å². The Kier molecular flexibility index (Phi) is 8.97. The van der Waals surface area contributed by atoms with Crippen molar-refractivity contribution in [1.82, 2.24) is 10.2 Å². The molecule has 1 N–H and O–H groups in total. The van der Waals surface area contributed by atoms with Crippen LogP contribution in [-0.2, 0) is 4.79 Å². The normalized spacial score (nSPS) is 12.7. The Balaban J connectivity index is 1.87. The van der Waals surface area contributed by atoms with E-state index in [1.807, 2.05) is 31.2 Å². The summed E-state index contributed by atoms with van der Waals surface area (Å²) in [5.41, 5.74) is 1.04. The van der Waals surface area contributed by atoms with E-state index in [4.69, 9.17) is 4.74 Å². The summed E-state index contributed by atoms with van der Waals surface area (Å²) in [4.78, 5) is 15.2. The van der Waals surface area contributed by atoms with Crippen molar-refractivity contribution in [1.29, 1.82) is 0 Å². The lowest BCUT2D eigenvalue weighted by atomic mass is 9.97. The van der Waals surface area contributed by atoms with E-state index in [1.165, 1.54) is 0 Å². The second kappa shape index (κ2) is 11.2. The lowest BCUT2D eigenvalue weighted by Gasteiger charge is -2.26. The topological polar surface area (TPSA) is 41.6 Å². The van der Waals surface area contributed by atoms with Gasteiger partial charge in [-0.05, 0) is 60.2 Å². The van der Waals surface area contributed by atoms with Crippen molar-refractivity contribution < 1.29 is 9.53 Å².